The van der Waals surface area contributed by atoms with Crippen molar-refractivity contribution in [3.05, 3.63) is 78.1 Å². The van der Waals surface area contributed by atoms with Crippen LogP contribution >= 0.6 is 0 Å². The highest BCUT2D eigenvalue weighted by Crippen LogP contribution is 2.22. The minimum atomic E-state index is -0.284. The van der Waals surface area contributed by atoms with Gasteiger partial charge in [-0.05, 0) is 35.9 Å². The smallest absolute Gasteiger partial charge is 0.257 e. The first kappa shape index (κ1) is 19.6. The second kappa shape index (κ2) is 8.75. The molecule has 152 valence electrons. The maximum absolute atomic E-state index is 12.6. The first-order valence-corrected chi connectivity index (χ1v) is 9.83. The number of carbonyl (C=O) groups is 2. The number of nitrogen functional groups attached to an aromatic ring is 1. The predicted molar refractivity (Wildman–Crippen MR) is 117 cm³/mol. The molecule has 2 aromatic carbocycles. The lowest BCUT2D eigenvalue weighted by Crippen LogP contribution is -2.46. The highest BCUT2D eigenvalue weighted by Gasteiger charge is 2.18. The molecule has 1 aliphatic heterocycles. The fourth-order valence-electron chi connectivity index (χ4n) is 3.38. The maximum atomic E-state index is 12.6. The second-order valence-electron chi connectivity index (χ2n) is 7.12. The normalized spacial score (nSPS) is 13.7. The van der Waals surface area contributed by atoms with Gasteiger partial charge < -0.3 is 21.3 Å². The molecular formula is C23H23N5O2. The van der Waals surface area contributed by atoms with Gasteiger partial charge >= 0.3 is 0 Å². The van der Waals surface area contributed by atoms with Gasteiger partial charge in [0.25, 0.3) is 11.8 Å². The molecule has 2 amide bonds. The summed E-state index contributed by atoms with van der Waals surface area (Å²) in [5.41, 5.74) is 9.72. The Balaban J connectivity index is 1.50. The molecule has 2 heterocycles. The molecule has 0 saturated carbocycles. The molecular weight excluding hydrogens is 378 g/mol. The van der Waals surface area contributed by atoms with Crippen LogP contribution in [0.4, 0.5) is 11.4 Å². The van der Waals surface area contributed by atoms with Crippen molar-refractivity contribution >= 4 is 23.2 Å². The first-order chi connectivity index (χ1) is 14.6. The number of aromatic nitrogens is 1. The molecule has 0 bridgehead atoms. The average molecular weight is 401 g/mol. The van der Waals surface area contributed by atoms with Crippen LogP contribution in [0.1, 0.15) is 20.7 Å². The van der Waals surface area contributed by atoms with E-state index in [1.165, 1.54) is 6.20 Å². The summed E-state index contributed by atoms with van der Waals surface area (Å²) >= 11 is 0. The van der Waals surface area contributed by atoms with E-state index in [2.05, 4.69) is 15.6 Å². The maximum Gasteiger partial charge on any atom is 0.257 e. The number of pyridine rings is 1. The SMILES string of the molecule is Nc1ccccc1NC(=O)c1cncc(-c2ccc(C(=O)N3CCNCC3)cc2)c1. The Hall–Kier alpha value is -3.71. The number of carbonyl (C=O) groups excluding carboxylic acids is 2. The molecule has 3 aromatic rings. The van der Waals surface area contributed by atoms with Crippen LogP contribution in [0.3, 0.4) is 0 Å². The Morgan fingerprint density at radius 2 is 1.67 bits per heavy atom. The third-order valence-corrected chi connectivity index (χ3v) is 5.08. The third kappa shape index (κ3) is 4.31. The van der Waals surface area contributed by atoms with Crippen LogP contribution < -0.4 is 16.4 Å². The van der Waals surface area contributed by atoms with Crippen LogP contribution in [-0.2, 0) is 0 Å². The molecule has 0 spiro atoms. The Labute approximate surface area is 174 Å². The number of para-hydroxylation sites is 2. The van der Waals surface area contributed by atoms with Crippen LogP contribution in [0.5, 0.6) is 0 Å². The number of rotatable bonds is 4. The number of amides is 2. The molecule has 0 unspecified atom stereocenters. The fraction of sp³-hybridized carbons (Fsp3) is 0.174. The zero-order valence-corrected chi connectivity index (χ0v) is 16.5. The number of hydrogen-bond acceptors (Lipinski definition) is 5. The lowest BCUT2D eigenvalue weighted by Gasteiger charge is -2.27. The van der Waals surface area contributed by atoms with E-state index in [4.69, 9.17) is 5.73 Å². The van der Waals surface area contributed by atoms with Gasteiger partial charge in [0, 0.05) is 49.7 Å². The minimum absolute atomic E-state index is 0.0368. The lowest BCUT2D eigenvalue weighted by molar-refractivity contribution is 0.0735. The zero-order valence-electron chi connectivity index (χ0n) is 16.5. The van der Waals surface area contributed by atoms with Crippen molar-refractivity contribution in [1.29, 1.82) is 0 Å². The van der Waals surface area contributed by atoms with Crippen molar-refractivity contribution in [2.45, 2.75) is 0 Å². The van der Waals surface area contributed by atoms with Gasteiger partial charge in [-0.15, -0.1) is 0 Å². The number of anilines is 2. The summed E-state index contributed by atoms with van der Waals surface area (Å²) in [4.78, 5) is 31.3. The van der Waals surface area contributed by atoms with E-state index in [1.807, 2.05) is 41.3 Å². The quantitative estimate of drug-likeness (QED) is 0.584. The van der Waals surface area contributed by atoms with Crippen LogP contribution in [0.25, 0.3) is 11.1 Å². The summed E-state index contributed by atoms with van der Waals surface area (Å²) in [6.45, 7) is 3.07. The molecule has 1 saturated heterocycles. The summed E-state index contributed by atoms with van der Waals surface area (Å²) in [6, 6.07) is 16.3. The minimum Gasteiger partial charge on any atom is -0.397 e. The first-order valence-electron chi connectivity index (χ1n) is 9.83. The van der Waals surface area contributed by atoms with Crippen molar-refractivity contribution in [3.8, 4) is 11.1 Å². The van der Waals surface area contributed by atoms with Crippen molar-refractivity contribution in [3.63, 3.8) is 0 Å². The summed E-state index contributed by atoms with van der Waals surface area (Å²) in [6.07, 6.45) is 3.21. The molecule has 7 nitrogen and oxygen atoms in total. The van der Waals surface area contributed by atoms with Gasteiger partial charge in [0.1, 0.15) is 0 Å². The molecule has 1 aromatic heterocycles. The summed E-state index contributed by atoms with van der Waals surface area (Å²) in [5, 5.41) is 6.05. The number of nitrogens with zero attached hydrogens (tertiary/aromatic N) is 2. The van der Waals surface area contributed by atoms with Crippen molar-refractivity contribution < 1.29 is 9.59 Å². The van der Waals surface area contributed by atoms with Gasteiger partial charge in [-0.1, -0.05) is 24.3 Å². The highest BCUT2D eigenvalue weighted by molar-refractivity contribution is 6.06. The van der Waals surface area contributed by atoms with E-state index in [-0.39, 0.29) is 11.8 Å². The van der Waals surface area contributed by atoms with Gasteiger partial charge in [-0.2, -0.15) is 0 Å². The zero-order chi connectivity index (χ0) is 20.9. The number of piperazine rings is 1. The molecule has 0 atom stereocenters. The van der Waals surface area contributed by atoms with Crippen LogP contribution in [0.2, 0.25) is 0 Å². The Morgan fingerprint density at radius 3 is 2.40 bits per heavy atom. The third-order valence-electron chi connectivity index (χ3n) is 5.08. The van der Waals surface area contributed by atoms with Crippen LogP contribution in [0, 0.1) is 0 Å². The molecule has 0 radical (unpaired) electrons. The van der Waals surface area contributed by atoms with Crippen LogP contribution in [-0.4, -0.2) is 47.9 Å². The number of nitrogens with two attached hydrogens (primary N) is 1. The van der Waals surface area contributed by atoms with Gasteiger partial charge in [-0.3, -0.25) is 14.6 Å². The van der Waals surface area contributed by atoms with E-state index in [1.54, 1.807) is 24.4 Å². The van der Waals surface area contributed by atoms with Crippen molar-refractivity contribution in [2.75, 3.05) is 37.2 Å². The molecule has 30 heavy (non-hydrogen) atoms. The van der Waals surface area contributed by atoms with E-state index >= 15 is 0 Å². The molecule has 7 heteroatoms. The van der Waals surface area contributed by atoms with Gasteiger partial charge in [0.15, 0.2) is 0 Å². The summed E-state index contributed by atoms with van der Waals surface area (Å²) in [7, 11) is 0. The van der Waals surface area contributed by atoms with Crippen LogP contribution in [0.15, 0.2) is 67.0 Å². The molecule has 4 rings (SSSR count). The topological polar surface area (TPSA) is 100 Å². The van der Waals surface area contributed by atoms with E-state index < -0.39 is 0 Å². The van der Waals surface area contributed by atoms with Crippen molar-refractivity contribution in [1.82, 2.24) is 15.2 Å². The Kier molecular flexibility index (Phi) is 5.72. The van der Waals surface area contributed by atoms with Gasteiger partial charge in [0.05, 0.1) is 16.9 Å². The molecule has 0 aliphatic carbocycles. The van der Waals surface area contributed by atoms with E-state index in [0.29, 0.717) is 35.6 Å². The molecule has 1 fully saturated rings. The standard InChI is InChI=1S/C23H23N5O2/c24-20-3-1-2-4-21(20)27-22(29)19-13-18(14-26-15-19)16-5-7-17(8-6-16)23(30)28-11-9-25-10-12-28/h1-8,13-15,25H,9-12,24H2,(H,27,29). The number of nitrogens with one attached hydrogen (secondary N) is 2. The Morgan fingerprint density at radius 1 is 0.933 bits per heavy atom. The summed E-state index contributed by atoms with van der Waals surface area (Å²) in [5.74, 6) is -0.248. The van der Waals surface area contributed by atoms with Crippen molar-refractivity contribution in [2.24, 2.45) is 0 Å². The largest absolute Gasteiger partial charge is 0.397 e. The lowest BCUT2D eigenvalue weighted by atomic mass is 10.0. The van der Waals surface area contributed by atoms with E-state index in [0.717, 1.165) is 24.2 Å². The Bertz CT molecular complexity index is 1060. The molecule has 4 N–H and O–H groups in total. The second-order valence-corrected chi connectivity index (χ2v) is 7.12. The monoisotopic (exact) mass is 401 g/mol. The predicted octanol–water partition coefficient (Wildman–Crippen LogP) is 2.63. The van der Waals surface area contributed by atoms with E-state index in [9.17, 15) is 9.59 Å². The average Bonchev–Trinajstić information content (AvgIpc) is 2.81. The fourth-order valence-corrected chi connectivity index (χ4v) is 3.38. The molecule has 1 aliphatic rings. The van der Waals surface area contributed by atoms with Gasteiger partial charge in [0.2, 0.25) is 0 Å². The number of benzene rings is 2. The van der Waals surface area contributed by atoms with Gasteiger partial charge in [-0.25, -0.2) is 0 Å². The summed E-state index contributed by atoms with van der Waals surface area (Å²) < 4.78 is 0. The number of hydrogen-bond donors (Lipinski definition) is 3. The highest BCUT2D eigenvalue weighted by atomic mass is 16.2.